The van der Waals surface area contributed by atoms with Crippen LogP contribution in [-0.4, -0.2) is 59.7 Å². The van der Waals surface area contributed by atoms with Crippen molar-refractivity contribution >= 4 is 33.7 Å². The highest BCUT2D eigenvalue weighted by atomic mass is 79.9. The van der Waals surface area contributed by atoms with Crippen LogP contribution in [0.1, 0.15) is 52.0 Å². The molecule has 0 saturated carbocycles. The Morgan fingerprint density at radius 3 is 2.24 bits per heavy atom. The number of aryl methyl sites for hydroxylation is 1. The van der Waals surface area contributed by atoms with Crippen LogP contribution in [0.25, 0.3) is 0 Å². The van der Waals surface area contributed by atoms with Gasteiger partial charge in [-0.05, 0) is 68.9 Å². The molecule has 6 nitrogen and oxygen atoms in total. The summed E-state index contributed by atoms with van der Waals surface area (Å²) >= 11 is 3.42. The minimum atomic E-state index is -0.570. The number of hydrogen-bond donors (Lipinski definition) is 1. The van der Waals surface area contributed by atoms with Gasteiger partial charge >= 0.3 is 0 Å². The summed E-state index contributed by atoms with van der Waals surface area (Å²) in [5.41, 5.74) is 2.22. The number of nitrogens with one attached hydrogen (secondary N) is 1. The van der Waals surface area contributed by atoms with E-state index in [9.17, 15) is 14.4 Å². The molecule has 0 unspecified atom stereocenters. The van der Waals surface area contributed by atoms with E-state index < -0.39 is 6.04 Å². The highest BCUT2D eigenvalue weighted by Gasteiger charge is 2.37. The zero-order chi connectivity index (χ0) is 23.4. The third kappa shape index (κ3) is 5.64. The van der Waals surface area contributed by atoms with Gasteiger partial charge in [-0.15, -0.1) is 0 Å². The summed E-state index contributed by atoms with van der Waals surface area (Å²) in [4.78, 5) is 43.0. The Kier molecular flexibility index (Phi) is 7.48. The zero-order valence-corrected chi connectivity index (χ0v) is 20.5. The van der Waals surface area contributed by atoms with Crippen molar-refractivity contribution in [3.8, 4) is 0 Å². The maximum atomic E-state index is 13.4. The number of halogens is 1. The molecule has 7 heteroatoms. The van der Waals surface area contributed by atoms with Crippen molar-refractivity contribution < 1.29 is 14.4 Å². The summed E-state index contributed by atoms with van der Waals surface area (Å²) in [6, 6.07) is 14.3. The third-order valence-corrected chi connectivity index (χ3v) is 7.11. The summed E-state index contributed by atoms with van der Waals surface area (Å²) in [7, 11) is 0. The van der Waals surface area contributed by atoms with Crippen LogP contribution in [0.3, 0.4) is 0 Å². The molecule has 0 bridgehead atoms. The van der Waals surface area contributed by atoms with Gasteiger partial charge in [0.25, 0.3) is 11.8 Å². The second-order valence-electron chi connectivity index (χ2n) is 8.99. The van der Waals surface area contributed by atoms with Gasteiger partial charge in [0.2, 0.25) is 5.91 Å². The number of carbonyl (C=O) groups is 3. The lowest BCUT2D eigenvalue weighted by Crippen LogP contribution is -2.54. The summed E-state index contributed by atoms with van der Waals surface area (Å²) in [6.07, 6.45) is 3.36. The third-order valence-electron chi connectivity index (χ3n) is 6.62. The van der Waals surface area contributed by atoms with E-state index in [4.69, 9.17) is 0 Å². The Morgan fingerprint density at radius 2 is 1.58 bits per heavy atom. The van der Waals surface area contributed by atoms with Gasteiger partial charge in [0.1, 0.15) is 6.04 Å². The van der Waals surface area contributed by atoms with Crippen LogP contribution < -0.4 is 5.32 Å². The maximum Gasteiger partial charge on any atom is 0.253 e. The van der Waals surface area contributed by atoms with Gasteiger partial charge in [-0.3, -0.25) is 14.4 Å². The number of benzene rings is 2. The van der Waals surface area contributed by atoms with Crippen molar-refractivity contribution in [2.45, 2.75) is 38.6 Å². The number of hydrogen-bond acceptors (Lipinski definition) is 3. The number of likely N-dealkylation sites (tertiary alicyclic amines) is 2. The number of amides is 3. The van der Waals surface area contributed by atoms with Crippen molar-refractivity contribution in [3.63, 3.8) is 0 Å². The van der Waals surface area contributed by atoms with Gasteiger partial charge in [-0.25, -0.2) is 0 Å². The average molecular weight is 512 g/mol. The molecule has 2 aromatic rings. The molecule has 0 spiro atoms. The van der Waals surface area contributed by atoms with Crippen molar-refractivity contribution in [2.75, 3.05) is 26.2 Å². The van der Waals surface area contributed by atoms with Crippen LogP contribution in [-0.2, 0) is 4.79 Å². The van der Waals surface area contributed by atoms with Crippen molar-refractivity contribution in [3.05, 3.63) is 69.7 Å². The molecular weight excluding hydrogens is 482 g/mol. The molecule has 2 saturated heterocycles. The number of carbonyl (C=O) groups excluding carboxylic acids is 3. The minimum Gasteiger partial charge on any atom is -0.341 e. The Balaban J connectivity index is 1.46. The molecule has 0 aliphatic carbocycles. The van der Waals surface area contributed by atoms with E-state index in [1.54, 1.807) is 6.07 Å². The van der Waals surface area contributed by atoms with E-state index in [1.807, 2.05) is 59.2 Å². The van der Waals surface area contributed by atoms with E-state index in [2.05, 4.69) is 21.2 Å². The molecule has 0 radical (unpaired) electrons. The number of nitrogens with zero attached hydrogens (tertiary/aromatic N) is 2. The van der Waals surface area contributed by atoms with Crippen molar-refractivity contribution in [1.29, 1.82) is 0 Å². The van der Waals surface area contributed by atoms with E-state index in [1.165, 1.54) is 0 Å². The highest BCUT2D eigenvalue weighted by Crippen LogP contribution is 2.25. The Bertz CT molecular complexity index is 1030. The summed E-state index contributed by atoms with van der Waals surface area (Å²) in [6.45, 7) is 4.58. The molecule has 3 amide bonds. The predicted octanol–water partition coefficient (Wildman–Crippen LogP) is 4.03. The van der Waals surface area contributed by atoms with Crippen LogP contribution in [0.4, 0.5) is 0 Å². The van der Waals surface area contributed by atoms with Gasteiger partial charge in [0.05, 0.1) is 0 Å². The number of rotatable bonds is 5. The van der Waals surface area contributed by atoms with Crippen molar-refractivity contribution in [1.82, 2.24) is 15.1 Å². The Labute approximate surface area is 203 Å². The molecule has 2 fully saturated rings. The Hall–Kier alpha value is -2.67. The topological polar surface area (TPSA) is 69.7 Å². The molecule has 0 aromatic heterocycles. The van der Waals surface area contributed by atoms with Crippen LogP contribution in [0.15, 0.2) is 53.0 Å². The van der Waals surface area contributed by atoms with E-state index in [0.717, 1.165) is 36.0 Å². The van der Waals surface area contributed by atoms with Gasteiger partial charge in [-0.1, -0.05) is 39.7 Å². The van der Waals surface area contributed by atoms with E-state index in [0.29, 0.717) is 37.1 Å². The lowest BCUT2D eigenvalue weighted by Gasteiger charge is -2.37. The van der Waals surface area contributed by atoms with E-state index >= 15 is 0 Å². The summed E-state index contributed by atoms with van der Waals surface area (Å²) in [5, 5.41) is 3.05. The van der Waals surface area contributed by atoms with Crippen LogP contribution >= 0.6 is 15.9 Å². The first kappa shape index (κ1) is 23.5. The van der Waals surface area contributed by atoms with Gasteiger partial charge in [0, 0.05) is 41.8 Å². The lowest BCUT2D eigenvalue weighted by molar-refractivity contribution is -0.134. The minimum absolute atomic E-state index is 0.000894. The second kappa shape index (κ2) is 10.5. The first-order valence-electron chi connectivity index (χ1n) is 11.6. The van der Waals surface area contributed by atoms with Crippen LogP contribution in [0.5, 0.6) is 0 Å². The fourth-order valence-electron chi connectivity index (χ4n) is 4.77. The number of piperidine rings is 1. The fourth-order valence-corrected chi connectivity index (χ4v) is 5.17. The van der Waals surface area contributed by atoms with E-state index in [-0.39, 0.29) is 23.6 Å². The van der Waals surface area contributed by atoms with Gasteiger partial charge in [0.15, 0.2) is 0 Å². The largest absolute Gasteiger partial charge is 0.341 e. The Morgan fingerprint density at radius 1 is 0.909 bits per heavy atom. The predicted molar refractivity (Wildman–Crippen MR) is 131 cm³/mol. The first-order chi connectivity index (χ1) is 15.9. The van der Waals surface area contributed by atoms with Gasteiger partial charge in [-0.2, -0.15) is 0 Å². The molecule has 2 aliphatic rings. The monoisotopic (exact) mass is 511 g/mol. The first-order valence-corrected chi connectivity index (χ1v) is 12.4. The quantitative estimate of drug-likeness (QED) is 0.658. The molecule has 33 heavy (non-hydrogen) atoms. The standard InChI is InChI=1S/C26H30BrN3O3/c1-18-6-4-7-20(16-18)24(31)28-23(26(33)29-12-2-3-13-29)19-10-14-30(15-11-19)25(32)21-8-5-9-22(27)17-21/h4-9,16-17,19,23H,2-3,10-15H2,1H3,(H,28,31)/t23-/m1/s1. The lowest BCUT2D eigenvalue weighted by atomic mass is 9.88. The highest BCUT2D eigenvalue weighted by molar-refractivity contribution is 9.10. The second-order valence-corrected chi connectivity index (χ2v) is 9.91. The smallest absolute Gasteiger partial charge is 0.253 e. The molecule has 1 N–H and O–H groups in total. The van der Waals surface area contributed by atoms with Crippen LogP contribution in [0.2, 0.25) is 0 Å². The molecule has 2 aliphatic heterocycles. The maximum absolute atomic E-state index is 13.4. The molecular formula is C26H30BrN3O3. The average Bonchev–Trinajstić information content (AvgIpc) is 3.37. The normalized spacial score (nSPS) is 17.6. The molecule has 1 atom stereocenters. The zero-order valence-electron chi connectivity index (χ0n) is 18.9. The molecule has 174 valence electrons. The molecule has 2 heterocycles. The fraction of sp³-hybridized carbons (Fsp3) is 0.423. The molecule has 2 aromatic carbocycles. The summed E-state index contributed by atoms with van der Waals surface area (Å²) in [5.74, 6) is -0.214. The molecule has 4 rings (SSSR count). The van der Waals surface area contributed by atoms with Crippen LogP contribution in [0, 0.1) is 12.8 Å². The SMILES string of the molecule is Cc1cccc(C(=O)N[C@@H](C(=O)N2CCCC2)C2CCN(C(=O)c3cccc(Br)c3)CC2)c1. The van der Waals surface area contributed by atoms with Gasteiger partial charge < -0.3 is 15.1 Å². The van der Waals surface area contributed by atoms with Crippen molar-refractivity contribution in [2.24, 2.45) is 5.92 Å². The summed E-state index contributed by atoms with van der Waals surface area (Å²) < 4.78 is 0.873.